The second-order valence-electron chi connectivity index (χ2n) is 6.49. The molecule has 0 bridgehead atoms. The minimum Gasteiger partial charge on any atom is -0.497 e. The zero-order chi connectivity index (χ0) is 18.8. The van der Waals surface area contributed by atoms with Crippen LogP contribution >= 0.6 is 0 Å². The van der Waals surface area contributed by atoms with Crippen LogP contribution in [0.1, 0.15) is 31.4 Å². The first-order valence-corrected chi connectivity index (χ1v) is 8.80. The van der Waals surface area contributed by atoms with E-state index in [2.05, 4.69) is 12.2 Å². The Morgan fingerprint density at radius 3 is 2.65 bits per heavy atom. The first-order chi connectivity index (χ1) is 12.5. The number of carbonyl (C=O) groups is 2. The third-order valence-corrected chi connectivity index (χ3v) is 4.96. The summed E-state index contributed by atoms with van der Waals surface area (Å²) in [5.41, 5.74) is 2.07. The Morgan fingerprint density at radius 1 is 1.23 bits per heavy atom. The molecule has 7 heteroatoms. The molecule has 0 radical (unpaired) electrons. The largest absolute Gasteiger partial charge is 0.497 e. The number of hydrogen-bond acceptors (Lipinski definition) is 4. The molecule has 3 amide bonds. The summed E-state index contributed by atoms with van der Waals surface area (Å²) in [6, 6.07) is 4.59. The fraction of sp³-hybridized carbons (Fsp3) is 0.474. The zero-order valence-corrected chi connectivity index (χ0v) is 15.7. The van der Waals surface area contributed by atoms with Crippen LogP contribution in [-0.2, 0) is 4.79 Å². The van der Waals surface area contributed by atoms with Crippen LogP contribution in [0, 0.1) is 0 Å². The van der Waals surface area contributed by atoms with Gasteiger partial charge in [-0.1, -0.05) is 13.3 Å². The molecule has 2 aliphatic heterocycles. The fourth-order valence-electron chi connectivity index (χ4n) is 3.45. The molecule has 0 spiro atoms. The SMILES string of the molecule is CCCCN1CC2=C(C1=O)[C@H](c1cc(OC)ccc1OC)NC(=O)N2C. The molecular formula is C19H25N3O4. The summed E-state index contributed by atoms with van der Waals surface area (Å²) in [7, 11) is 4.85. The highest BCUT2D eigenvalue weighted by Crippen LogP contribution is 2.40. The van der Waals surface area contributed by atoms with Crippen molar-refractivity contribution in [2.45, 2.75) is 25.8 Å². The highest BCUT2D eigenvalue weighted by molar-refractivity contribution is 6.01. The molecule has 1 N–H and O–H groups in total. The van der Waals surface area contributed by atoms with Crippen molar-refractivity contribution in [2.75, 3.05) is 34.4 Å². The summed E-state index contributed by atoms with van der Waals surface area (Å²) in [5.74, 6) is 1.21. The quantitative estimate of drug-likeness (QED) is 0.846. The van der Waals surface area contributed by atoms with Gasteiger partial charge in [-0.05, 0) is 24.6 Å². The number of methoxy groups -OCH3 is 2. The molecular weight excluding hydrogens is 334 g/mol. The van der Waals surface area contributed by atoms with Crippen LogP contribution in [0.15, 0.2) is 29.5 Å². The Morgan fingerprint density at radius 2 is 2.00 bits per heavy atom. The lowest BCUT2D eigenvalue weighted by molar-refractivity contribution is -0.125. The van der Waals surface area contributed by atoms with Gasteiger partial charge in [0.15, 0.2) is 0 Å². The third kappa shape index (κ3) is 2.98. The number of nitrogens with one attached hydrogen (secondary N) is 1. The van der Waals surface area contributed by atoms with E-state index >= 15 is 0 Å². The van der Waals surface area contributed by atoms with Gasteiger partial charge in [-0.3, -0.25) is 9.69 Å². The molecule has 7 nitrogen and oxygen atoms in total. The zero-order valence-electron chi connectivity index (χ0n) is 15.7. The predicted octanol–water partition coefficient (Wildman–Crippen LogP) is 2.30. The monoisotopic (exact) mass is 359 g/mol. The minimum absolute atomic E-state index is 0.0322. The lowest BCUT2D eigenvalue weighted by Crippen LogP contribution is -2.45. The number of nitrogens with zero attached hydrogens (tertiary/aromatic N) is 2. The number of likely N-dealkylation sites (N-methyl/N-ethyl adjacent to an activating group) is 1. The summed E-state index contributed by atoms with van der Waals surface area (Å²) in [6.07, 6.45) is 1.94. The highest BCUT2D eigenvalue weighted by Gasteiger charge is 2.43. The van der Waals surface area contributed by atoms with Gasteiger partial charge in [-0.2, -0.15) is 0 Å². The predicted molar refractivity (Wildman–Crippen MR) is 97.1 cm³/mol. The summed E-state index contributed by atoms with van der Waals surface area (Å²) in [4.78, 5) is 28.9. The van der Waals surface area contributed by atoms with Crippen molar-refractivity contribution in [3.8, 4) is 11.5 Å². The van der Waals surface area contributed by atoms with Crippen molar-refractivity contribution in [2.24, 2.45) is 0 Å². The van der Waals surface area contributed by atoms with Crippen LogP contribution in [0.5, 0.6) is 11.5 Å². The Balaban J connectivity index is 2.05. The van der Waals surface area contributed by atoms with E-state index in [0.29, 0.717) is 35.7 Å². The van der Waals surface area contributed by atoms with Gasteiger partial charge >= 0.3 is 6.03 Å². The number of ether oxygens (including phenoxy) is 2. The molecule has 2 aliphatic rings. The van der Waals surface area contributed by atoms with Crippen molar-refractivity contribution in [3.05, 3.63) is 35.0 Å². The van der Waals surface area contributed by atoms with E-state index in [9.17, 15) is 9.59 Å². The lowest BCUT2D eigenvalue weighted by atomic mass is 9.94. The lowest BCUT2D eigenvalue weighted by Gasteiger charge is -2.31. The maximum Gasteiger partial charge on any atom is 0.322 e. The van der Waals surface area contributed by atoms with Gasteiger partial charge in [0.25, 0.3) is 5.91 Å². The number of hydrogen-bond donors (Lipinski definition) is 1. The van der Waals surface area contributed by atoms with Gasteiger partial charge < -0.3 is 19.7 Å². The number of amides is 3. The third-order valence-electron chi connectivity index (χ3n) is 4.96. The van der Waals surface area contributed by atoms with E-state index in [-0.39, 0.29) is 11.9 Å². The van der Waals surface area contributed by atoms with E-state index < -0.39 is 6.04 Å². The van der Waals surface area contributed by atoms with Gasteiger partial charge in [-0.15, -0.1) is 0 Å². The molecule has 3 rings (SSSR count). The molecule has 1 aromatic rings. The van der Waals surface area contributed by atoms with Gasteiger partial charge in [0.1, 0.15) is 11.5 Å². The summed E-state index contributed by atoms with van der Waals surface area (Å²) in [6.45, 7) is 3.24. The molecule has 1 aromatic carbocycles. The van der Waals surface area contributed by atoms with Crippen molar-refractivity contribution in [1.29, 1.82) is 0 Å². The van der Waals surface area contributed by atoms with Crippen LogP contribution < -0.4 is 14.8 Å². The number of rotatable bonds is 6. The maximum atomic E-state index is 13.1. The molecule has 0 saturated heterocycles. The van der Waals surface area contributed by atoms with Gasteiger partial charge in [0.05, 0.1) is 38.1 Å². The van der Waals surface area contributed by atoms with Crippen molar-refractivity contribution >= 4 is 11.9 Å². The van der Waals surface area contributed by atoms with Crippen molar-refractivity contribution < 1.29 is 19.1 Å². The average molecular weight is 359 g/mol. The summed E-state index contributed by atoms with van der Waals surface area (Å²) >= 11 is 0. The van der Waals surface area contributed by atoms with E-state index in [1.807, 2.05) is 11.0 Å². The standard InChI is InChI=1S/C19H25N3O4/c1-5-6-9-22-11-14-16(18(22)23)17(20-19(24)21(14)2)13-10-12(25-3)7-8-15(13)26-4/h7-8,10,17H,5-6,9,11H2,1-4H3,(H,20,24)/t17-/m0/s1. The van der Waals surface area contributed by atoms with E-state index in [1.54, 1.807) is 33.4 Å². The molecule has 0 unspecified atom stereocenters. The van der Waals surface area contributed by atoms with Crippen LogP contribution in [0.2, 0.25) is 0 Å². The van der Waals surface area contributed by atoms with Crippen molar-refractivity contribution in [3.63, 3.8) is 0 Å². The second-order valence-corrected chi connectivity index (χ2v) is 6.49. The van der Waals surface area contributed by atoms with Gasteiger partial charge in [0, 0.05) is 19.2 Å². The summed E-state index contributed by atoms with van der Waals surface area (Å²) < 4.78 is 10.8. The highest BCUT2D eigenvalue weighted by atomic mass is 16.5. The van der Waals surface area contributed by atoms with Crippen LogP contribution in [-0.4, -0.2) is 56.1 Å². The molecule has 140 valence electrons. The molecule has 0 saturated carbocycles. The fourth-order valence-corrected chi connectivity index (χ4v) is 3.45. The van der Waals surface area contributed by atoms with Crippen molar-refractivity contribution in [1.82, 2.24) is 15.1 Å². The second kappa shape index (κ2) is 7.27. The number of benzene rings is 1. The first kappa shape index (κ1) is 18.1. The Hall–Kier alpha value is -2.70. The van der Waals surface area contributed by atoms with Gasteiger partial charge in [-0.25, -0.2) is 4.79 Å². The van der Waals surface area contributed by atoms with Crippen LogP contribution in [0.4, 0.5) is 4.79 Å². The van der Waals surface area contributed by atoms with Gasteiger partial charge in [0.2, 0.25) is 0 Å². The molecule has 2 heterocycles. The smallest absolute Gasteiger partial charge is 0.322 e. The Labute approximate surface area is 153 Å². The molecule has 0 fully saturated rings. The van der Waals surface area contributed by atoms with Crippen LogP contribution in [0.25, 0.3) is 0 Å². The van der Waals surface area contributed by atoms with E-state index in [1.165, 1.54) is 4.90 Å². The Kier molecular flexibility index (Phi) is 5.06. The molecule has 0 aliphatic carbocycles. The maximum absolute atomic E-state index is 13.1. The molecule has 1 atom stereocenters. The Bertz CT molecular complexity index is 759. The number of urea groups is 1. The minimum atomic E-state index is -0.558. The first-order valence-electron chi connectivity index (χ1n) is 8.80. The normalized spacial score (nSPS) is 19.6. The number of unbranched alkanes of at least 4 members (excludes halogenated alkanes) is 1. The number of carbonyl (C=O) groups excluding carboxylic acids is 2. The summed E-state index contributed by atoms with van der Waals surface area (Å²) in [5, 5.41) is 2.93. The van der Waals surface area contributed by atoms with E-state index in [0.717, 1.165) is 18.5 Å². The topological polar surface area (TPSA) is 71.1 Å². The molecule has 26 heavy (non-hydrogen) atoms. The van der Waals surface area contributed by atoms with Crippen LogP contribution in [0.3, 0.4) is 0 Å². The van der Waals surface area contributed by atoms with E-state index in [4.69, 9.17) is 9.47 Å². The average Bonchev–Trinajstić information content (AvgIpc) is 2.99. The molecule has 0 aromatic heterocycles.